The van der Waals surface area contributed by atoms with E-state index in [9.17, 15) is 13.2 Å². The zero-order chi connectivity index (χ0) is 13.4. The highest BCUT2D eigenvalue weighted by molar-refractivity contribution is 7.99. The Morgan fingerprint density at radius 3 is 2.42 bits per heavy atom. The molecule has 0 aliphatic carbocycles. The molecule has 0 radical (unpaired) electrons. The molecular formula is C13H7F3N2S. The summed E-state index contributed by atoms with van der Waals surface area (Å²) in [5.41, 5.74) is -0.0393. The maximum absolute atomic E-state index is 13.9. The molecule has 2 aromatic carbocycles. The van der Waals surface area contributed by atoms with Gasteiger partial charge in [-0.1, -0.05) is 30.0 Å². The number of imidazole rings is 1. The van der Waals surface area contributed by atoms with Gasteiger partial charge in [0, 0.05) is 4.90 Å². The van der Waals surface area contributed by atoms with E-state index >= 15 is 0 Å². The van der Waals surface area contributed by atoms with Crippen LogP contribution in [0, 0.1) is 17.5 Å². The molecule has 0 saturated carbocycles. The van der Waals surface area contributed by atoms with Crippen molar-refractivity contribution in [1.29, 1.82) is 0 Å². The van der Waals surface area contributed by atoms with Crippen LogP contribution in [0.15, 0.2) is 46.5 Å². The number of aromatic nitrogens is 2. The van der Waals surface area contributed by atoms with Crippen LogP contribution >= 0.6 is 11.8 Å². The molecule has 3 rings (SSSR count). The smallest absolute Gasteiger partial charge is 0.197 e. The molecule has 19 heavy (non-hydrogen) atoms. The molecule has 6 heteroatoms. The molecule has 0 aliphatic rings. The van der Waals surface area contributed by atoms with Crippen LogP contribution in [0.2, 0.25) is 0 Å². The number of nitrogens with one attached hydrogen (secondary N) is 1. The number of H-pyrrole nitrogens is 1. The number of nitrogens with zero attached hydrogens (tertiary/aromatic N) is 1. The van der Waals surface area contributed by atoms with Gasteiger partial charge >= 0.3 is 0 Å². The monoisotopic (exact) mass is 280 g/mol. The van der Waals surface area contributed by atoms with Crippen LogP contribution in [0.25, 0.3) is 11.0 Å². The fraction of sp³-hybridized carbons (Fsp3) is 0. The van der Waals surface area contributed by atoms with Crippen molar-refractivity contribution in [2.24, 2.45) is 0 Å². The third-order valence-electron chi connectivity index (χ3n) is 2.62. The van der Waals surface area contributed by atoms with Crippen LogP contribution in [0.3, 0.4) is 0 Å². The van der Waals surface area contributed by atoms with Crippen LogP contribution < -0.4 is 0 Å². The molecule has 2 nitrogen and oxygen atoms in total. The van der Waals surface area contributed by atoms with Gasteiger partial charge in [0.25, 0.3) is 0 Å². The first-order valence-electron chi connectivity index (χ1n) is 5.41. The summed E-state index contributed by atoms with van der Waals surface area (Å²) in [5.74, 6) is -3.98. The van der Waals surface area contributed by atoms with E-state index in [1.165, 1.54) is 6.33 Å². The summed E-state index contributed by atoms with van der Waals surface area (Å²) in [6, 6.07) is 8.90. The topological polar surface area (TPSA) is 28.7 Å². The predicted octanol–water partition coefficient (Wildman–Crippen LogP) is 4.13. The standard InChI is InChI=1S/C13H7F3N2S/c14-8-9(15)11-12(18-6-17-11)13(10(8)16)19-7-4-2-1-3-5-7/h1-6H,(H,17,18). The predicted molar refractivity (Wildman–Crippen MR) is 66.5 cm³/mol. The van der Waals surface area contributed by atoms with Crippen LogP contribution in [0.1, 0.15) is 0 Å². The van der Waals surface area contributed by atoms with E-state index in [1.54, 1.807) is 24.3 Å². The lowest BCUT2D eigenvalue weighted by molar-refractivity contribution is 0.442. The average molecular weight is 280 g/mol. The van der Waals surface area contributed by atoms with Crippen LogP contribution in [0.4, 0.5) is 13.2 Å². The molecule has 1 aromatic heterocycles. The maximum Gasteiger partial charge on any atom is 0.197 e. The SMILES string of the molecule is Fc1c(F)c(Sc2ccccc2)c2[nH]cnc2c1F. The fourth-order valence-electron chi connectivity index (χ4n) is 1.75. The second kappa shape index (κ2) is 4.62. The van der Waals surface area contributed by atoms with Crippen molar-refractivity contribution in [1.82, 2.24) is 9.97 Å². The van der Waals surface area contributed by atoms with Crippen molar-refractivity contribution < 1.29 is 13.2 Å². The zero-order valence-corrected chi connectivity index (χ0v) is 10.3. The number of rotatable bonds is 2. The van der Waals surface area contributed by atoms with Gasteiger partial charge in [0.15, 0.2) is 17.5 Å². The van der Waals surface area contributed by atoms with E-state index in [0.717, 1.165) is 16.7 Å². The molecule has 0 spiro atoms. The van der Waals surface area contributed by atoms with Crippen molar-refractivity contribution in [3.8, 4) is 0 Å². The highest BCUT2D eigenvalue weighted by Gasteiger charge is 2.22. The van der Waals surface area contributed by atoms with Gasteiger partial charge in [-0.2, -0.15) is 0 Å². The maximum atomic E-state index is 13.9. The van der Waals surface area contributed by atoms with Gasteiger partial charge in [-0.3, -0.25) is 0 Å². The molecule has 0 bridgehead atoms. The minimum atomic E-state index is -1.50. The van der Waals surface area contributed by atoms with Crippen molar-refractivity contribution in [2.45, 2.75) is 9.79 Å². The summed E-state index contributed by atoms with van der Waals surface area (Å²) in [5, 5.41) is 0. The van der Waals surface area contributed by atoms with E-state index in [0.29, 0.717) is 0 Å². The second-order valence-electron chi connectivity index (χ2n) is 3.81. The first-order chi connectivity index (χ1) is 9.18. The van der Waals surface area contributed by atoms with Gasteiger partial charge in [-0.05, 0) is 12.1 Å². The Kier molecular flexibility index (Phi) is 2.94. The van der Waals surface area contributed by atoms with Crippen molar-refractivity contribution in [3.05, 3.63) is 54.1 Å². The Balaban J connectivity index is 2.20. The fourth-order valence-corrected chi connectivity index (χ4v) is 2.71. The van der Waals surface area contributed by atoms with E-state index in [-0.39, 0.29) is 15.9 Å². The van der Waals surface area contributed by atoms with Crippen LogP contribution in [-0.4, -0.2) is 9.97 Å². The zero-order valence-electron chi connectivity index (χ0n) is 9.45. The van der Waals surface area contributed by atoms with Crippen molar-refractivity contribution in [3.63, 3.8) is 0 Å². The number of benzene rings is 2. The number of hydrogen-bond acceptors (Lipinski definition) is 2. The lowest BCUT2D eigenvalue weighted by Crippen LogP contribution is -1.96. The Hall–Kier alpha value is -1.95. The highest BCUT2D eigenvalue weighted by Crippen LogP contribution is 2.36. The molecule has 1 N–H and O–H groups in total. The Morgan fingerprint density at radius 1 is 0.947 bits per heavy atom. The third kappa shape index (κ3) is 1.98. The quantitative estimate of drug-likeness (QED) is 0.715. The number of fused-ring (bicyclic) bond motifs is 1. The lowest BCUT2D eigenvalue weighted by Gasteiger charge is -2.06. The molecule has 0 aliphatic heterocycles. The summed E-state index contributed by atoms with van der Waals surface area (Å²) >= 11 is 1.02. The van der Waals surface area contributed by atoms with E-state index in [2.05, 4.69) is 9.97 Å². The second-order valence-corrected chi connectivity index (χ2v) is 4.90. The Morgan fingerprint density at radius 2 is 1.68 bits per heavy atom. The molecule has 96 valence electrons. The minimum absolute atomic E-state index is 0.00222. The largest absolute Gasteiger partial charge is 0.343 e. The summed E-state index contributed by atoms with van der Waals surface area (Å²) in [7, 11) is 0. The van der Waals surface area contributed by atoms with E-state index in [4.69, 9.17) is 0 Å². The molecule has 3 aromatic rings. The van der Waals surface area contributed by atoms with Gasteiger partial charge in [0.1, 0.15) is 5.52 Å². The summed E-state index contributed by atoms with van der Waals surface area (Å²) in [4.78, 5) is 7.03. The summed E-state index contributed by atoms with van der Waals surface area (Å²) in [6.07, 6.45) is 1.21. The first kappa shape index (κ1) is 12.1. The van der Waals surface area contributed by atoms with Gasteiger partial charge < -0.3 is 4.98 Å². The highest BCUT2D eigenvalue weighted by atomic mass is 32.2. The number of hydrogen-bond donors (Lipinski definition) is 1. The first-order valence-corrected chi connectivity index (χ1v) is 6.22. The number of halogens is 3. The molecular weight excluding hydrogens is 273 g/mol. The molecule has 0 amide bonds. The summed E-state index contributed by atoms with van der Waals surface area (Å²) < 4.78 is 40.9. The Bertz CT molecular complexity index is 740. The number of aromatic amines is 1. The minimum Gasteiger partial charge on any atom is -0.343 e. The van der Waals surface area contributed by atoms with E-state index < -0.39 is 17.5 Å². The molecule has 0 fully saturated rings. The average Bonchev–Trinajstić information content (AvgIpc) is 2.92. The van der Waals surface area contributed by atoms with E-state index in [1.807, 2.05) is 6.07 Å². The van der Waals surface area contributed by atoms with Gasteiger partial charge in [-0.15, -0.1) is 0 Å². The van der Waals surface area contributed by atoms with Crippen LogP contribution in [0.5, 0.6) is 0 Å². The molecule has 0 unspecified atom stereocenters. The third-order valence-corrected chi connectivity index (χ3v) is 3.72. The Labute approximate surface area is 110 Å². The molecule has 1 heterocycles. The lowest BCUT2D eigenvalue weighted by atomic mass is 10.3. The van der Waals surface area contributed by atoms with Crippen molar-refractivity contribution in [2.75, 3.05) is 0 Å². The van der Waals surface area contributed by atoms with Crippen molar-refractivity contribution >= 4 is 22.8 Å². The normalized spacial score (nSPS) is 11.1. The van der Waals surface area contributed by atoms with Gasteiger partial charge in [0.05, 0.1) is 16.7 Å². The summed E-state index contributed by atoms with van der Waals surface area (Å²) in [6.45, 7) is 0. The molecule has 0 saturated heterocycles. The van der Waals surface area contributed by atoms with Gasteiger partial charge in [-0.25, -0.2) is 18.2 Å². The van der Waals surface area contributed by atoms with Crippen LogP contribution in [-0.2, 0) is 0 Å². The van der Waals surface area contributed by atoms with Gasteiger partial charge in [0.2, 0.25) is 0 Å². The molecule has 0 atom stereocenters.